The number of hydrogen-bond donors (Lipinski definition) is 2. The Bertz CT molecular complexity index is 632. The van der Waals surface area contributed by atoms with Gasteiger partial charge >= 0.3 is 0 Å². The highest BCUT2D eigenvalue weighted by Crippen LogP contribution is 2.28. The Balaban J connectivity index is 1.61. The van der Waals surface area contributed by atoms with Gasteiger partial charge in [0.05, 0.1) is 0 Å². The summed E-state index contributed by atoms with van der Waals surface area (Å²) in [5, 5.41) is 15.1. The van der Waals surface area contributed by atoms with Crippen molar-refractivity contribution in [1.82, 2.24) is 25.2 Å². The molecule has 2 heterocycles. The van der Waals surface area contributed by atoms with E-state index in [1.165, 1.54) is 6.42 Å². The van der Waals surface area contributed by atoms with Crippen LogP contribution in [0.4, 0.5) is 0 Å². The predicted octanol–water partition coefficient (Wildman–Crippen LogP) is 1.24. The van der Waals surface area contributed by atoms with Crippen molar-refractivity contribution in [3.8, 4) is 0 Å². The monoisotopic (exact) mass is 286 g/mol. The van der Waals surface area contributed by atoms with E-state index in [0.29, 0.717) is 12.6 Å². The summed E-state index contributed by atoms with van der Waals surface area (Å²) < 4.78 is 2.01. The van der Waals surface area contributed by atoms with Gasteiger partial charge < -0.3 is 10.6 Å². The van der Waals surface area contributed by atoms with Gasteiger partial charge in [-0.05, 0) is 31.4 Å². The Kier molecular flexibility index (Phi) is 4.03. The number of nitrogens with zero attached hydrogens (tertiary/aromatic N) is 4. The van der Waals surface area contributed by atoms with E-state index in [1.54, 1.807) is 0 Å². The quantitative estimate of drug-likeness (QED) is 0.641. The normalized spacial score (nSPS) is 21.5. The van der Waals surface area contributed by atoms with Crippen LogP contribution in [0, 0.1) is 5.92 Å². The molecular formula is C15H22N6. The fourth-order valence-electron chi connectivity index (χ4n) is 2.35. The summed E-state index contributed by atoms with van der Waals surface area (Å²) in [6, 6.07) is 6.50. The zero-order valence-corrected chi connectivity index (χ0v) is 12.6. The van der Waals surface area contributed by atoms with Crippen molar-refractivity contribution in [2.75, 3.05) is 13.1 Å². The maximum Gasteiger partial charge on any atom is 0.191 e. The van der Waals surface area contributed by atoms with E-state index in [4.69, 9.17) is 0 Å². The second-order valence-electron chi connectivity index (χ2n) is 5.52. The van der Waals surface area contributed by atoms with Gasteiger partial charge in [0.1, 0.15) is 5.82 Å². The molecule has 2 unspecified atom stereocenters. The van der Waals surface area contributed by atoms with Crippen LogP contribution in [0.1, 0.15) is 26.1 Å². The zero-order chi connectivity index (χ0) is 14.7. The molecule has 3 rings (SSSR count). The lowest BCUT2D eigenvalue weighted by Crippen LogP contribution is -2.39. The molecule has 1 fully saturated rings. The van der Waals surface area contributed by atoms with Crippen LogP contribution in [0.25, 0.3) is 5.65 Å². The predicted molar refractivity (Wildman–Crippen MR) is 83.4 cm³/mol. The van der Waals surface area contributed by atoms with Crippen molar-refractivity contribution in [1.29, 1.82) is 0 Å². The van der Waals surface area contributed by atoms with Crippen LogP contribution < -0.4 is 10.6 Å². The molecule has 21 heavy (non-hydrogen) atoms. The maximum atomic E-state index is 4.62. The molecule has 0 bridgehead atoms. The first-order valence-corrected chi connectivity index (χ1v) is 7.61. The lowest BCUT2D eigenvalue weighted by Gasteiger charge is -2.10. The summed E-state index contributed by atoms with van der Waals surface area (Å²) in [6.07, 6.45) is 4.00. The topological polar surface area (TPSA) is 66.6 Å². The second-order valence-corrected chi connectivity index (χ2v) is 5.52. The molecule has 2 aromatic heterocycles. The van der Waals surface area contributed by atoms with Crippen LogP contribution in [-0.2, 0) is 6.42 Å². The van der Waals surface area contributed by atoms with Gasteiger partial charge in [-0.2, -0.15) is 0 Å². The number of guanidine groups is 1. The van der Waals surface area contributed by atoms with Crippen molar-refractivity contribution in [2.45, 2.75) is 32.7 Å². The molecule has 2 atom stereocenters. The summed E-state index contributed by atoms with van der Waals surface area (Å²) >= 11 is 0. The van der Waals surface area contributed by atoms with Crippen LogP contribution in [0.3, 0.4) is 0 Å². The van der Waals surface area contributed by atoms with Gasteiger partial charge in [-0.25, -0.2) is 0 Å². The van der Waals surface area contributed by atoms with Crippen molar-refractivity contribution in [3.05, 3.63) is 30.2 Å². The summed E-state index contributed by atoms with van der Waals surface area (Å²) in [4.78, 5) is 4.62. The van der Waals surface area contributed by atoms with Crippen LogP contribution in [-0.4, -0.2) is 39.7 Å². The van der Waals surface area contributed by atoms with Crippen LogP contribution in [0.5, 0.6) is 0 Å². The Morgan fingerprint density at radius 2 is 2.29 bits per heavy atom. The van der Waals surface area contributed by atoms with Gasteiger partial charge in [-0.15, -0.1) is 10.2 Å². The molecule has 6 nitrogen and oxygen atoms in total. The number of hydrogen-bond acceptors (Lipinski definition) is 3. The summed E-state index contributed by atoms with van der Waals surface area (Å²) in [5.41, 5.74) is 0.883. The average molecular weight is 286 g/mol. The molecule has 0 radical (unpaired) electrons. The Morgan fingerprint density at radius 3 is 3.05 bits per heavy atom. The first-order chi connectivity index (χ1) is 10.3. The Morgan fingerprint density at radius 1 is 1.43 bits per heavy atom. The Labute approximate surface area is 124 Å². The van der Waals surface area contributed by atoms with Gasteiger partial charge in [0.15, 0.2) is 11.6 Å². The zero-order valence-electron chi connectivity index (χ0n) is 12.6. The summed E-state index contributed by atoms with van der Waals surface area (Å²) in [7, 11) is 0. The van der Waals surface area contributed by atoms with E-state index >= 15 is 0 Å². The summed E-state index contributed by atoms with van der Waals surface area (Å²) in [5.74, 6) is 2.61. The van der Waals surface area contributed by atoms with E-state index in [-0.39, 0.29) is 0 Å². The number of aliphatic imine (C=N–C) groups is 1. The van der Waals surface area contributed by atoms with Crippen molar-refractivity contribution >= 4 is 11.6 Å². The van der Waals surface area contributed by atoms with Gasteiger partial charge in [0.2, 0.25) is 0 Å². The SMILES string of the molecule is CCNC(=NCCc1nnc2ccccn12)NC1CC1C. The lowest BCUT2D eigenvalue weighted by atomic mass is 10.4. The first-order valence-electron chi connectivity index (χ1n) is 7.61. The standard InChI is InChI=1S/C15H22N6/c1-3-16-15(18-12-10-11(12)2)17-8-7-14-20-19-13-6-4-5-9-21(13)14/h4-6,9,11-12H,3,7-8,10H2,1-2H3,(H2,16,17,18). The highest BCUT2D eigenvalue weighted by molar-refractivity contribution is 5.80. The van der Waals surface area contributed by atoms with Gasteiger partial charge in [0, 0.05) is 31.7 Å². The third-order valence-corrected chi connectivity index (χ3v) is 3.77. The molecule has 0 amide bonds. The molecule has 0 saturated heterocycles. The molecule has 6 heteroatoms. The van der Waals surface area contributed by atoms with Crippen molar-refractivity contribution < 1.29 is 0 Å². The van der Waals surface area contributed by atoms with Gasteiger partial charge in [0.25, 0.3) is 0 Å². The molecule has 0 aliphatic heterocycles. The first kappa shape index (κ1) is 13.9. The van der Waals surface area contributed by atoms with Crippen LogP contribution >= 0.6 is 0 Å². The molecule has 1 aliphatic carbocycles. The number of fused-ring (bicyclic) bond motifs is 1. The van der Waals surface area contributed by atoms with E-state index in [0.717, 1.165) is 36.3 Å². The number of nitrogens with one attached hydrogen (secondary N) is 2. The third kappa shape index (κ3) is 3.32. The highest BCUT2D eigenvalue weighted by atomic mass is 15.2. The second kappa shape index (κ2) is 6.11. The molecule has 2 aromatic rings. The van der Waals surface area contributed by atoms with Gasteiger partial charge in [-0.1, -0.05) is 13.0 Å². The summed E-state index contributed by atoms with van der Waals surface area (Å²) in [6.45, 7) is 5.91. The fraction of sp³-hybridized carbons (Fsp3) is 0.533. The molecule has 0 spiro atoms. The number of rotatable bonds is 5. The molecule has 0 aromatic carbocycles. The minimum absolute atomic E-state index is 0.580. The van der Waals surface area contributed by atoms with E-state index in [1.807, 2.05) is 28.8 Å². The highest BCUT2D eigenvalue weighted by Gasteiger charge is 2.33. The smallest absolute Gasteiger partial charge is 0.191 e. The fourth-order valence-corrected chi connectivity index (χ4v) is 2.35. The minimum atomic E-state index is 0.580. The molecule has 112 valence electrons. The van der Waals surface area contributed by atoms with Crippen LogP contribution in [0.15, 0.2) is 29.4 Å². The Hall–Kier alpha value is -2.11. The largest absolute Gasteiger partial charge is 0.357 e. The van der Waals surface area contributed by atoms with E-state index in [9.17, 15) is 0 Å². The van der Waals surface area contributed by atoms with Crippen molar-refractivity contribution in [2.24, 2.45) is 10.9 Å². The molecule has 1 aliphatic rings. The van der Waals surface area contributed by atoms with Crippen molar-refractivity contribution in [3.63, 3.8) is 0 Å². The molecule has 2 N–H and O–H groups in total. The van der Waals surface area contributed by atoms with E-state index < -0.39 is 0 Å². The third-order valence-electron chi connectivity index (χ3n) is 3.77. The average Bonchev–Trinajstić information content (AvgIpc) is 3.02. The van der Waals surface area contributed by atoms with E-state index in [2.05, 4.69) is 39.7 Å². The molecule has 1 saturated carbocycles. The lowest BCUT2D eigenvalue weighted by molar-refractivity contribution is 0.759. The minimum Gasteiger partial charge on any atom is -0.357 e. The number of pyridine rings is 1. The maximum absolute atomic E-state index is 4.62. The number of aromatic nitrogens is 3. The van der Waals surface area contributed by atoms with Crippen LogP contribution in [0.2, 0.25) is 0 Å². The van der Waals surface area contributed by atoms with Gasteiger partial charge in [-0.3, -0.25) is 9.39 Å². The molecular weight excluding hydrogens is 264 g/mol.